The van der Waals surface area contributed by atoms with Crippen molar-refractivity contribution in [1.82, 2.24) is 9.99 Å². The van der Waals surface area contributed by atoms with Gasteiger partial charge in [-0.3, -0.25) is 9.59 Å². The lowest BCUT2D eigenvalue weighted by atomic mass is 10.2. The number of carbonyl (C=O) groups excluding carboxylic acids is 2. The molecule has 0 unspecified atom stereocenters. The number of amides is 2. The van der Waals surface area contributed by atoms with Gasteiger partial charge in [0, 0.05) is 22.0 Å². The third kappa shape index (κ3) is 4.92. The maximum absolute atomic E-state index is 14.2. The van der Waals surface area contributed by atoms with Gasteiger partial charge in [-0.05, 0) is 50.2 Å². The summed E-state index contributed by atoms with van der Waals surface area (Å²) in [5, 5.41) is 6.64. The molecule has 0 fully saturated rings. The van der Waals surface area contributed by atoms with E-state index in [4.69, 9.17) is 16.3 Å². The Hall–Kier alpha value is -3.65. The third-order valence-corrected chi connectivity index (χ3v) is 4.78. The Balaban J connectivity index is 1.70. The van der Waals surface area contributed by atoms with E-state index < -0.39 is 11.8 Å². The largest absolute Gasteiger partial charge is 0.495 e. The fourth-order valence-corrected chi connectivity index (χ4v) is 3.26. The molecule has 9 heteroatoms. The Morgan fingerprint density at radius 1 is 1.13 bits per heavy atom. The van der Waals surface area contributed by atoms with Crippen molar-refractivity contribution in [3.63, 3.8) is 0 Å². The summed E-state index contributed by atoms with van der Waals surface area (Å²) in [6.45, 7) is 3.64. The van der Waals surface area contributed by atoms with Crippen LogP contribution >= 0.6 is 11.6 Å². The van der Waals surface area contributed by atoms with Gasteiger partial charge in [-0.1, -0.05) is 23.7 Å². The lowest BCUT2D eigenvalue weighted by Gasteiger charge is -2.10. The number of hydrogen-bond donors (Lipinski definition) is 2. The zero-order valence-electron chi connectivity index (χ0n) is 17.1. The number of halogens is 2. The Morgan fingerprint density at radius 3 is 2.58 bits per heavy atom. The van der Waals surface area contributed by atoms with Crippen LogP contribution in [0.3, 0.4) is 0 Å². The number of para-hydroxylation sites is 1. The number of aryl methyl sites for hydroxylation is 1. The van der Waals surface area contributed by atoms with E-state index in [1.807, 2.05) is 6.92 Å². The van der Waals surface area contributed by atoms with E-state index in [1.165, 1.54) is 25.5 Å². The first kappa shape index (κ1) is 22.0. The van der Waals surface area contributed by atoms with Crippen LogP contribution in [0.5, 0.6) is 5.75 Å². The number of hydrazone groups is 1. The Kier molecular flexibility index (Phi) is 6.71. The molecule has 31 heavy (non-hydrogen) atoms. The van der Waals surface area contributed by atoms with Crippen molar-refractivity contribution in [2.45, 2.75) is 13.8 Å². The lowest BCUT2D eigenvalue weighted by molar-refractivity contribution is -0.136. The van der Waals surface area contributed by atoms with Gasteiger partial charge in [-0.15, -0.1) is 0 Å². The smallest absolute Gasteiger partial charge is 0.329 e. The summed E-state index contributed by atoms with van der Waals surface area (Å²) >= 11 is 5.92. The van der Waals surface area contributed by atoms with Crippen molar-refractivity contribution in [3.05, 3.63) is 76.3 Å². The standard InChI is InChI=1S/C22H20ClFN4O3/c1-13-10-15(14(2)28(13)19-7-5-4-6-17(19)24)12-25-27-22(30)21(29)26-18-11-16(23)8-9-20(18)31-3/h4-12H,1-3H3,(H,26,29)(H,27,30)/b25-12-. The fraction of sp³-hybridized carbons (Fsp3) is 0.136. The van der Waals surface area contributed by atoms with Gasteiger partial charge in [-0.25, -0.2) is 9.82 Å². The van der Waals surface area contributed by atoms with Gasteiger partial charge in [0.2, 0.25) is 0 Å². The van der Waals surface area contributed by atoms with Gasteiger partial charge < -0.3 is 14.6 Å². The van der Waals surface area contributed by atoms with Crippen molar-refractivity contribution in [2.75, 3.05) is 12.4 Å². The van der Waals surface area contributed by atoms with E-state index in [2.05, 4.69) is 15.8 Å². The molecule has 0 atom stereocenters. The summed E-state index contributed by atoms with van der Waals surface area (Å²) < 4.78 is 21.1. The molecule has 2 amide bonds. The zero-order valence-corrected chi connectivity index (χ0v) is 17.8. The summed E-state index contributed by atoms with van der Waals surface area (Å²) in [5.41, 5.74) is 5.03. The van der Waals surface area contributed by atoms with Crippen molar-refractivity contribution >= 4 is 35.3 Å². The third-order valence-electron chi connectivity index (χ3n) is 4.55. The number of anilines is 1. The first-order chi connectivity index (χ1) is 14.8. The summed E-state index contributed by atoms with van der Waals surface area (Å²) in [6.07, 6.45) is 1.39. The minimum atomic E-state index is -0.971. The highest BCUT2D eigenvalue weighted by Crippen LogP contribution is 2.27. The van der Waals surface area contributed by atoms with Crippen LogP contribution in [0.2, 0.25) is 5.02 Å². The van der Waals surface area contributed by atoms with Gasteiger partial charge in [-0.2, -0.15) is 5.10 Å². The second-order valence-electron chi connectivity index (χ2n) is 6.61. The number of aromatic nitrogens is 1. The molecule has 160 valence electrons. The molecule has 1 aromatic heterocycles. The number of nitrogens with zero attached hydrogens (tertiary/aromatic N) is 2. The van der Waals surface area contributed by atoms with Crippen LogP contribution in [0.4, 0.5) is 10.1 Å². The quantitative estimate of drug-likeness (QED) is 0.356. The molecule has 2 N–H and O–H groups in total. The molecule has 2 aromatic carbocycles. The van der Waals surface area contributed by atoms with E-state index in [-0.39, 0.29) is 11.5 Å². The SMILES string of the molecule is COc1ccc(Cl)cc1NC(=O)C(=O)N/N=C\c1cc(C)n(-c2ccccc2F)c1C. The molecule has 0 aliphatic rings. The van der Waals surface area contributed by atoms with Crippen LogP contribution in [-0.4, -0.2) is 29.7 Å². The normalized spacial score (nSPS) is 10.9. The van der Waals surface area contributed by atoms with Crippen molar-refractivity contribution in [1.29, 1.82) is 0 Å². The predicted octanol–water partition coefficient (Wildman–Crippen LogP) is 3.98. The molecule has 1 heterocycles. The minimum absolute atomic E-state index is 0.257. The van der Waals surface area contributed by atoms with Gasteiger partial charge in [0.05, 0.1) is 24.7 Å². The number of benzene rings is 2. The van der Waals surface area contributed by atoms with Gasteiger partial charge >= 0.3 is 11.8 Å². The molecule has 0 aliphatic carbocycles. The van der Waals surface area contributed by atoms with Crippen molar-refractivity contribution in [3.8, 4) is 11.4 Å². The first-order valence-electron chi connectivity index (χ1n) is 9.23. The van der Waals surface area contributed by atoms with Gasteiger partial charge in [0.1, 0.15) is 11.6 Å². The average molecular weight is 443 g/mol. The van der Waals surface area contributed by atoms with Crippen molar-refractivity contribution < 1.29 is 18.7 Å². The summed E-state index contributed by atoms with van der Waals surface area (Å²) in [5.74, 6) is -1.90. The second kappa shape index (κ2) is 9.44. The summed E-state index contributed by atoms with van der Waals surface area (Å²) in [4.78, 5) is 24.2. The fourth-order valence-electron chi connectivity index (χ4n) is 3.09. The highest BCUT2D eigenvalue weighted by molar-refractivity contribution is 6.40. The molecule has 7 nitrogen and oxygen atoms in total. The van der Waals surface area contributed by atoms with Crippen LogP contribution in [0.1, 0.15) is 17.0 Å². The van der Waals surface area contributed by atoms with E-state index in [1.54, 1.807) is 47.9 Å². The maximum atomic E-state index is 14.2. The molecule has 0 saturated heterocycles. The van der Waals surface area contributed by atoms with E-state index in [0.29, 0.717) is 22.0 Å². The summed E-state index contributed by atoms with van der Waals surface area (Å²) in [6, 6.07) is 12.9. The molecular weight excluding hydrogens is 423 g/mol. The van der Waals surface area contributed by atoms with Crippen LogP contribution in [0.15, 0.2) is 53.6 Å². The lowest BCUT2D eigenvalue weighted by Crippen LogP contribution is -2.32. The zero-order chi connectivity index (χ0) is 22.5. The molecule has 0 bridgehead atoms. The Bertz CT molecular complexity index is 1170. The Labute approximate surface area is 183 Å². The van der Waals surface area contributed by atoms with Crippen LogP contribution in [0.25, 0.3) is 5.69 Å². The summed E-state index contributed by atoms with van der Waals surface area (Å²) in [7, 11) is 1.43. The van der Waals surface area contributed by atoms with Crippen molar-refractivity contribution in [2.24, 2.45) is 5.10 Å². The number of hydrogen-bond acceptors (Lipinski definition) is 4. The van der Waals surface area contributed by atoms with Crippen LogP contribution in [0, 0.1) is 19.7 Å². The molecule has 0 radical (unpaired) electrons. The monoisotopic (exact) mass is 442 g/mol. The minimum Gasteiger partial charge on any atom is -0.495 e. The molecule has 3 aromatic rings. The van der Waals surface area contributed by atoms with Gasteiger partial charge in [0.15, 0.2) is 0 Å². The van der Waals surface area contributed by atoms with Crippen LogP contribution < -0.4 is 15.5 Å². The highest BCUT2D eigenvalue weighted by atomic mass is 35.5. The first-order valence-corrected chi connectivity index (χ1v) is 9.61. The molecule has 0 spiro atoms. The predicted molar refractivity (Wildman–Crippen MR) is 118 cm³/mol. The Morgan fingerprint density at radius 2 is 1.87 bits per heavy atom. The van der Waals surface area contributed by atoms with E-state index >= 15 is 0 Å². The molecule has 0 saturated carbocycles. The van der Waals surface area contributed by atoms with Gasteiger partial charge in [0.25, 0.3) is 0 Å². The number of ether oxygens (including phenoxy) is 1. The number of rotatable bonds is 5. The average Bonchev–Trinajstić information content (AvgIpc) is 3.01. The second-order valence-corrected chi connectivity index (χ2v) is 7.05. The van der Waals surface area contributed by atoms with E-state index in [9.17, 15) is 14.0 Å². The molecule has 0 aliphatic heterocycles. The number of nitrogens with one attached hydrogen (secondary N) is 2. The highest BCUT2D eigenvalue weighted by Gasteiger charge is 2.16. The number of methoxy groups -OCH3 is 1. The van der Waals surface area contributed by atoms with E-state index in [0.717, 1.165) is 11.4 Å². The topological polar surface area (TPSA) is 84.7 Å². The molecular formula is C22H20ClFN4O3. The number of carbonyl (C=O) groups is 2. The molecule has 3 rings (SSSR count). The van der Waals surface area contributed by atoms with Crippen LogP contribution in [-0.2, 0) is 9.59 Å². The maximum Gasteiger partial charge on any atom is 0.329 e.